The van der Waals surface area contributed by atoms with Crippen molar-refractivity contribution in [3.05, 3.63) is 58.0 Å². The molecule has 5 heteroatoms. The van der Waals surface area contributed by atoms with E-state index >= 15 is 0 Å². The third-order valence-electron chi connectivity index (χ3n) is 5.43. The van der Waals surface area contributed by atoms with Crippen LogP contribution in [0.5, 0.6) is 0 Å². The number of aliphatic hydroxyl groups is 1. The molecule has 1 saturated carbocycles. The highest BCUT2D eigenvalue weighted by molar-refractivity contribution is 6.30. The van der Waals surface area contributed by atoms with E-state index in [1.807, 2.05) is 44.2 Å². The Balaban J connectivity index is 1.64. The first-order valence-corrected chi connectivity index (χ1v) is 9.59. The first-order valence-electron chi connectivity index (χ1n) is 9.22. The Morgan fingerprint density at radius 1 is 1.27 bits per heavy atom. The number of hydrogen-bond donors (Lipinski definition) is 2. The lowest BCUT2D eigenvalue weighted by atomic mass is 9.78. The summed E-state index contributed by atoms with van der Waals surface area (Å²) in [6, 6.07) is 9.46. The number of aliphatic hydroxyl groups excluding tert-OH is 1. The largest absolute Gasteiger partial charge is 0.466 e. The summed E-state index contributed by atoms with van der Waals surface area (Å²) in [5, 5.41) is 14.1. The number of hydrogen-bond acceptors (Lipinski definition) is 3. The second-order valence-corrected chi connectivity index (χ2v) is 7.66. The Morgan fingerprint density at radius 2 is 1.92 bits per heavy atom. The topological polar surface area (TPSA) is 62.5 Å². The van der Waals surface area contributed by atoms with Gasteiger partial charge in [0.25, 0.3) is 0 Å². The summed E-state index contributed by atoms with van der Waals surface area (Å²) in [5.74, 6) is 1.56. The van der Waals surface area contributed by atoms with Crippen LogP contribution in [0.25, 0.3) is 0 Å². The van der Waals surface area contributed by atoms with Crippen molar-refractivity contribution in [2.75, 3.05) is 6.54 Å². The lowest BCUT2D eigenvalue weighted by Crippen LogP contribution is -2.43. The van der Waals surface area contributed by atoms with E-state index in [1.165, 1.54) is 0 Å². The minimum absolute atomic E-state index is 0.0459. The molecule has 0 unspecified atom stereocenters. The summed E-state index contributed by atoms with van der Waals surface area (Å²) < 4.78 is 5.47. The van der Waals surface area contributed by atoms with E-state index in [2.05, 4.69) is 5.32 Å². The van der Waals surface area contributed by atoms with Gasteiger partial charge in [0.1, 0.15) is 11.5 Å². The molecule has 1 aromatic heterocycles. The van der Waals surface area contributed by atoms with Crippen molar-refractivity contribution in [2.45, 2.75) is 57.5 Å². The van der Waals surface area contributed by atoms with Crippen molar-refractivity contribution in [2.24, 2.45) is 0 Å². The summed E-state index contributed by atoms with van der Waals surface area (Å²) in [6.07, 6.45) is 3.62. The van der Waals surface area contributed by atoms with E-state index in [4.69, 9.17) is 16.0 Å². The number of rotatable bonds is 6. The van der Waals surface area contributed by atoms with Crippen molar-refractivity contribution in [3.8, 4) is 0 Å². The molecule has 1 heterocycles. The second-order valence-electron chi connectivity index (χ2n) is 7.23. The van der Waals surface area contributed by atoms with Gasteiger partial charge in [-0.3, -0.25) is 4.79 Å². The molecule has 1 aliphatic rings. The molecule has 0 saturated heterocycles. The van der Waals surface area contributed by atoms with E-state index in [0.29, 0.717) is 18.0 Å². The lowest BCUT2D eigenvalue weighted by Gasteiger charge is -2.28. The molecule has 0 radical (unpaired) electrons. The van der Waals surface area contributed by atoms with Crippen LogP contribution in [-0.4, -0.2) is 17.6 Å². The van der Waals surface area contributed by atoms with Gasteiger partial charge < -0.3 is 14.8 Å². The van der Waals surface area contributed by atoms with Crippen LogP contribution in [0.15, 0.2) is 34.7 Å². The predicted octanol–water partition coefficient (Wildman–Crippen LogP) is 4.60. The Morgan fingerprint density at radius 3 is 2.50 bits per heavy atom. The van der Waals surface area contributed by atoms with Gasteiger partial charge in [-0.2, -0.15) is 0 Å². The van der Waals surface area contributed by atoms with Gasteiger partial charge >= 0.3 is 0 Å². The molecule has 1 amide bonds. The molecule has 140 valence electrons. The monoisotopic (exact) mass is 375 g/mol. The third-order valence-corrected chi connectivity index (χ3v) is 5.68. The maximum absolute atomic E-state index is 13.0. The molecule has 4 nitrogen and oxygen atoms in total. The fourth-order valence-electron chi connectivity index (χ4n) is 4.02. The molecular weight excluding hydrogens is 350 g/mol. The number of carbonyl (C=O) groups is 1. The van der Waals surface area contributed by atoms with Gasteiger partial charge in [-0.15, -0.1) is 0 Å². The van der Waals surface area contributed by atoms with Crippen LogP contribution in [0.4, 0.5) is 0 Å². The zero-order valence-corrected chi connectivity index (χ0v) is 16.1. The van der Waals surface area contributed by atoms with E-state index in [9.17, 15) is 9.90 Å². The molecule has 1 aliphatic carbocycles. The Bertz CT molecular complexity index is 760. The van der Waals surface area contributed by atoms with E-state index in [-0.39, 0.29) is 5.91 Å². The minimum Gasteiger partial charge on any atom is -0.466 e. The highest BCUT2D eigenvalue weighted by atomic mass is 35.5. The van der Waals surface area contributed by atoms with Crippen LogP contribution in [0.1, 0.15) is 60.9 Å². The van der Waals surface area contributed by atoms with E-state index < -0.39 is 11.5 Å². The van der Waals surface area contributed by atoms with Crippen molar-refractivity contribution in [3.63, 3.8) is 0 Å². The summed E-state index contributed by atoms with van der Waals surface area (Å²) in [6.45, 7) is 4.14. The molecule has 0 spiro atoms. The average Bonchev–Trinajstić information content (AvgIpc) is 3.22. The first kappa shape index (κ1) is 19.0. The van der Waals surface area contributed by atoms with E-state index in [0.717, 1.165) is 48.3 Å². The second kappa shape index (κ2) is 7.85. The predicted molar refractivity (Wildman–Crippen MR) is 102 cm³/mol. The summed E-state index contributed by atoms with van der Waals surface area (Å²) in [7, 11) is 0. The summed E-state index contributed by atoms with van der Waals surface area (Å²) in [5.41, 5.74) is 1.35. The molecule has 0 bridgehead atoms. The van der Waals surface area contributed by atoms with Gasteiger partial charge in [-0.1, -0.05) is 36.6 Å². The van der Waals surface area contributed by atoms with Crippen molar-refractivity contribution >= 4 is 17.5 Å². The maximum Gasteiger partial charge on any atom is 0.230 e. The molecule has 3 rings (SSSR count). The lowest BCUT2D eigenvalue weighted by molar-refractivity contribution is -0.126. The van der Waals surface area contributed by atoms with E-state index in [1.54, 1.807) is 0 Å². The van der Waals surface area contributed by atoms with Crippen molar-refractivity contribution in [1.29, 1.82) is 0 Å². The van der Waals surface area contributed by atoms with Crippen LogP contribution in [0.3, 0.4) is 0 Å². The number of halogens is 1. The smallest absolute Gasteiger partial charge is 0.230 e. The molecule has 1 aromatic carbocycles. The molecule has 0 aliphatic heterocycles. The van der Waals surface area contributed by atoms with Gasteiger partial charge in [0.05, 0.1) is 11.5 Å². The zero-order chi connectivity index (χ0) is 18.7. The Hall–Kier alpha value is -1.78. The van der Waals surface area contributed by atoms with Crippen molar-refractivity contribution < 1.29 is 14.3 Å². The van der Waals surface area contributed by atoms with Gasteiger partial charge in [0, 0.05) is 17.1 Å². The molecule has 26 heavy (non-hydrogen) atoms. The summed E-state index contributed by atoms with van der Waals surface area (Å²) >= 11 is 6.00. The number of furan rings is 1. The van der Waals surface area contributed by atoms with Gasteiger partial charge in [-0.25, -0.2) is 0 Å². The zero-order valence-electron chi connectivity index (χ0n) is 15.3. The number of carbonyl (C=O) groups excluding carboxylic acids is 1. The average molecular weight is 376 g/mol. The quantitative estimate of drug-likeness (QED) is 0.775. The highest BCUT2D eigenvalue weighted by Crippen LogP contribution is 2.41. The molecule has 2 N–H and O–H groups in total. The maximum atomic E-state index is 13.0. The van der Waals surface area contributed by atoms with Gasteiger partial charge in [0.2, 0.25) is 5.91 Å². The fourth-order valence-corrected chi connectivity index (χ4v) is 4.15. The molecule has 1 fully saturated rings. The van der Waals surface area contributed by atoms with Crippen LogP contribution in [0.2, 0.25) is 5.02 Å². The third kappa shape index (κ3) is 3.81. The van der Waals surface area contributed by atoms with Crippen molar-refractivity contribution in [1.82, 2.24) is 5.32 Å². The fraction of sp³-hybridized carbons (Fsp3) is 0.476. The molecule has 1 atom stereocenters. The van der Waals surface area contributed by atoms with Gasteiger partial charge in [0.15, 0.2) is 0 Å². The Kier molecular flexibility index (Phi) is 5.73. The van der Waals surface area contributed by atoms with Crippen LogP contribution >= 0.6 is 11.6 Å². The molecule has 2 aromatic rings. The highest BCUT2D eigenvalue weighted by Gasteiger charge is 2.42. The first-order chi connectivity index (χ1) is 12.4. The summed E-state index contributed by atoms with van der Waals surface area (Å²) in [4.78, 5) is 13.0. The minimum atomic E-state index is -0.636. The number of nitrogens with one attached hydrogen (secondary N) is 1. The van der Waals surface area contributed by atoms with Crippen LogP contribution < -0.4 is 5.32 Å². The number of aryl methyl sites for hydroxylation is 2. The number of amides is 1. The normalized spacial score (nSPS) is 17.2. The molecular formula is C21H26ClNO3. The van der Waals surface area contributed by atoms with Crippen LogP contribution in [0, 0.1) is 13.8 Å². The Labute approximate surface area is 159 Å². The SMILES string of the molecule is Cc1cc([C@H](O)CCNC(=O)C2(c3ccc(Cl)cc3)CCCC2)c(C)o1. The number of benzene rings is 1. The van der Waals surface area contributed by atoms with Gasteiger partial charge in [-0.05, 0) is 56.9 Å². The van der Waals surface area contributed by atoms with Crippen LogP contribution in [-0.2, 0) is 10.2 Å². The standard InChI is InChI=1S/C21H26ClNO3/c1-14-13-18(15(2)26-14)19(24)9-12-23-20(25)21(10-3-4-11-21)16-5-7-17(22)8-6-16/h5-8,13,19,24H,3-4,9-12H2,1-2H3,(H,23,25)/t19-/m1/s1.